The number of hydrogen-bond acceptors (Lipinski definition) is 6. The molecule has 1 aliphatic heterocycles. The first kappa shape index (κ1) is 21.4. The van der Waals surface area contributed by atoms with Crippen LogP contribution in [0.3, 0.4) is 0 Å². The number of benzene rings is 1. The summed E-state index contributed by atoms with van der Waals surface area (Å²) in [5.41, 5.74) is -0.0703. The first-order valence-electron chi connectivity index (χ1n) is 9.28. The number of anilines is 2. The summed E-state index contributed by atoms with van der Waals surface area (Å²) in [6.07, 6.45) is 1.22. The highest BCUT2D eigenvalue weighted by Gasteiger charge is 2.22. The molecule has 1 aromatic heterocycles. The molecule has 1 fully saturated rings. The van der Waals surface area contributed by atoms with E-state index in [-0.39, 0.29) is 22.7 Å². The largest absolute Gasteiger partial charge is 0.379 e. The predicted octanol–water partition coefficient (Wildman–Crippen LogP) is 2.68. The first-order valence-corrected chi connectivity index (χ1v) is 10.8. The molecule has 0 aliphatic carbocycles. The highest BCUT2D eigenvalue weighted by atomic mass is 32.2. The van der Waals surface area contributed by atoms with E-state index in [4.69, 9.17) is 4.74 Å². The number of halogens is 2. The number of morpholine rings is 1. The smallest absolute Gasteiger partial charge is 0.263 e. The Morgan fingerprint density at radius 3 is 2.45 bits per heavy atom. The van der Waals surface area contributed by atoms with E-state index in [1.165, 1.54) is 12.3 Å². The summed E-state index contributed by atoms with van der Waals surface area (Å²) < 4.78 is 58.8. The van der Waals surface area contributed by atoms with Crippen LogP contribution in [0.5, 0.6) is 0 Å². The van der Waals surface area contributed by atoms with E-state index in [9.17, 15) is 17.2 Å². The van der Waals surface area contributed by atoms with Crippen LogP contribution in [0, 0.1) is 11.6 Å². The lowest BCUT2D eigenvalue weighted by Crippen LogP contribution is -2.48. The molecule has 158 valence electrons. The molecule has 29 heavy (non-hydrogen) atoms. The Morgan fingerprint density at radius 1 is 1.10 bits per heavy atom. The number of sulfonamides is 1. The van der Waals surface area contributed by atoms with Crippen molar-refractivity contribution in [3.8, 4) is 0 Å². The van der Waals surface area contributed by atoms with E-state index in [1.807, 2.05) is 6.92 Å². The zero-order chi connectivity index (χ0) is 21.0. The Balaban J connectivity index is 1.64. The molecule has 1 saturated heterocycles. The summed E-state index contributed by atoms with van der Waals surface area (Å²) in [4.78, 5) is 6.42. The zero-order valence-corrected chi connectivity index (χ0v) is 17.0. The normalized spacial score (nSPS) is 17.5. The highest BCUT2D eigenvalue weighted by Crippen LogP contribution is 2.19. The molecule has 10 heteroatoms. The Bertz CT molecular complexity index is 935. The van der Waals surface area contributed by atoms with Crippen molar-refractivity contribution in [2.75, 3.05) is 36.3 Å². The third kappa shape index (κ3) is 5.40. The Labute approximate surface area is 169 Å². The molecule has 0 amide bonds. The van der Waals surface area contributed by atoms with Gasteiger partial charge in [-0.2, -0.15) is 0 Å². The van der Waals surface area contributed by atoms with Gasteiger partial charge in [0.05, 0.1) is 18.9 Å². The number of rotatable bonds is 7. The molecule has 0 spiro atoms. The van der Waals surface area contributed by atoms with Gasteiger partial charge in [0.15, 0.2) is 11.6 Å². The number of nitrogens with zero attached hydrogens (tertiary/aromatic N) is 2. The average molecular weight is 426 g/mol. The van der Waals surface area contributed by atoms with Crippen molar-refractivity contribution in [2.45, 2.75) is 30.8 Å². The summed E-state index contributed by atoms with van der Waals surface area (Å²) in [5, 5.41) is 3.28. The molecule has 2 aromatic rings. The van der Waals surface area contributed by atoms with Crippen LogP contribution in [0.15, 0.2) is 41.4 Å². The predicted molar refractivity (Wildman–Crippen MR) is 106 cm³/mol. The van der Waals surface area contributed by atoms with Crippen LogP contribution >= 0.6 is 0 Å². The minimum absolute atomic E-state index is 0.0703. The van der Waals surface area contributed by atoms with Gasteiger partial charge in [0.2, 0.25) is 0 Å². The van der Waals surface area contributed by atoms with Crippen LogP contribution < -0.4 is 10.0 Å². The number of ether oxygens (including phenoxy) is 1. The lowest BCUT2D eigenvalue weighted by Gasteiger charge is -2.36. The van der Waals surface area contributed by atoms with Gasteiger partial charge in [-0.25, -0.2) is 22.2 Å². The van der Waals surface area contributed by atoms with Crippen LogP contribution in [0.4, 0.5) is 20.3 Å². The van der Waals surface area contributed by atoms with Crippen LogP contribution in [0.1, 0.15) is 13.8 Å². The van der Waals surface area contributed by atoms with Crippen LogP contribution in [0.25, 0.3) is 0 Å². The molecule has 2 atom stereocenters. The van der Waals surface area contributed by atoms with Crippen molar-refractivity contribution in [3.05, 3.63) is 48.2 Å². The summed E-state index contributed by atoms with van der Waals surface area (Å²) in [5.74, 6) is -1.64. The number of hydrogen-bond donors (Lipinski definition) is 2. The molecule has 2 unspecified atom stereocenters. The fourth-order valence-corrected chi connectivity index (χ4v) is 4.05. The standard InChI is InChI=1S/C19H24F2N4O3S/c1-13(14(2)25-7-9-28-10-8-25)23-19-6-4-16(12-22-19)29(26,27)24-15-3-5-17(20)18(21)11-15/h3-6,11-14,24H,7-10H2,1-2H3,(H,22,23). The SMILES string of the molecule is CC(Nc1ccc(S(=O)(=O)Nc2ccc(F)c(F)c2)cn1)C(C)N1CCOCC1. The Hall–Kier alpha value is -2.30. The van der Waals surface area contributed by atoms with E-state index >= 15 is 0 Å². The van der Waals surface area contributed by atoms with E-state index in [0.717, 1.165) is 31.3 Å². The molecule has 2 N–H and O–H groups in total. The molecule has 7 nitrogen and oxygen atoms in total. The van der Waals surface area contributed by atoms with Crippen molar-refractivity contribution < 1.29 is 21.9 Å². The van der Waals surface area contributed by atoms with E-state index in [0.29, 0.717) is 19.0 Å². The summed E-state index contributed by atoms with van der Waals surface area (Å²) in [7, 11) is -3.97. The van der Waals surface area contributed by atoms with Gasteiger partial charge >= 0.3 is 0 Å². The fraction of sp³-hybridized carbons (Fsp3) is 0.421. The van der Waals surface area contributed by atoms with Crippen LogP contribution in [0.2, 0.25) is 0 Å². The van der Waals surface area contributed by atoms with Crippen LogP contribution in [-0.4, -0.2) is 56.7 Å². The van der Waals surface area contributed by atoms with Crippen molar-refractivity contribution in [1.29, 1.82) is 0 Å². The van der Waals surface area contributed by atoms with Crippen molar-refractivity contribution in [1.82, 2.24) is 9.88 Å². The van der Waals surface area contributed by atoms with Gasteiger partial charge in [0, 0.05) is 37.4 Å². The molecule has 2 heterocycles. The summed E-state index contributed by atoms with van der Waals surface area (Å²) in [6, 6.07) is 6.10. The van der Waals surface area contributed by atoms with Gasteiger partial charge < -0.3 is 10.1 Å². The molecular weight excluding hydrogens is 402 g/mol. The molecule has 3 rings (SSSR count). The van der Waals surface area contributed by atoms with Gasteiger partial charge in [0.25, 0.3) is 10.0 Å². The van der Waals surface area contributed by atoms with Gasteiger partial charge in [-0.05, 0) is 38.1 Å². The zero-order valence-electron chi connectivity index (χ0n) is 16.2. The van der Waals surface area contributed by atoms with Gasteiger partial charge in [0.1, 0.15) is 10.7 Å². The Morgan fingerprint density at radius 2 is 1.83 bits per heavy atom. The number of pyridine rings is 1. The van der Waals surface area contributed by atoms with Crippen molar-refractivity contribution >= 4 is 21.5 Å². The minimum atomic E-state index is -3.97. The lowest BCUT2D eigenvalue weighted by atomic mass is 10.1. The molecule has 1 aliphatic rings. The highest BCUT2D eigenvalue weighted by molar-refractivity contribution is 7.92. The van der Waals surface area contributed by atoms with Crippen LogP contribution in [-0.2, 0) is 14.8 Å². The second-order valence-electron chi connectivity index (χ2n) is 6.94. The van der Waals surface area contributed by atoms with E-state index in [2.05, 4.69) is 26.8 Å². The molecular formula is C19H24F2N4O3S. The summed E-state index contributed by atoms with van der Waals surface area (Å²) in [6.45, 7) is 7.32. The first-order chi connectivity index (χ1) is 13.8. The van der Waals surface area contributed by atoms with Crippen molar-refractivity contribution in [3.63, 3.8) is 0 Å². The quantitative estimate of drug-likeness (QED) is 0.708. The maximum absolute atomic E-state index is 13.3. The molecule has 0 saturated carbocycles. The second-order valence-corrected chi connectivity index (χ2v) is 8.62. The Kier molecular flexibility index (Phi) is 6.66. The monoisotopic (exact) mass is 426 g/mol. The van der Waals surface area contributed by atoms with Crippen molar-refractivity contribution in [2.24, 2.45) is 0 Å². The minimum Gasteiger partial charge on any atom is -0.379 e. The van der Waals surface area contributed by atoms with Gasteiger partial charge in [-0.1, -0.05) is 0 Å². The topological polar surface area (TPSA) is 83.6 Å². The molecule has 1 aromatic carbocycles. The van der Waals surface area contributed by atoms with E-state index in [1.54, 1.807) is 6.07 Å². The second kappa shape index (κ2) is 9.02. The van der Waals surface area contributed by atoms with Gasteiger partial charge in [-0.15, -0.1) is 0 Å². The number of aromatic nitrogens is 1. The third-order valence-electron chi connectivity index (χ3n) is 4.94. The maximum atomic E-state index is 13.3. The fourth-order valence-electron chi connectivity index (χ4n) is 3.05. The molecule has 0 bridgehead atoms. The van der Waals surface area contributed by atoms with Gasteiger partial charge in [-0.3, -0.25) is 9.62 Å². The molecule has 0 radical (unpaired) electrons. The summed E-state index contributed by atoms with van der Waals surface area (Å²) >= 11 is 0. The maximum Gasteiger partial charge on any atom is 0.263 e. The van der Waals surface area contributed by atoms with E-state index < -0.39 is 21.7 Å². The average Bonchev–Trinajstić information content (AvgIpc) is 2.71. The third-order valence-corrected chi connectivity index (χ3v) is 6.31. The number of nitrogens with one attached hydrogen (secondary N) is 2. The lowest BCUT2D eigenvalue weighted by molar-refractivity contribution is 0.0176.